The maximum Gasteiger partial charge on any atom is 0.223 e. The van der Waals surface area contributed by atoms with E-state index < -0.39 is 0 Å². The number of ether oxygens (including phenoxy) is 1. The lowest BCUT2D eigenvalue weighted by Crippen LogP contribution is -2.28. The third-order valence-corrected chi connectivity index (χ3v) is 3.65. The van der Waals surface area contributed by atoms with E-state index in [-0.39, 0.29) is 11.9 Å². The molecule has 4 nitrogen and oxygen atoms in total. The van der Waals surface area contributed by atoms with E-state index in [0.29, 0.717) is 13.0 Å². The minimum absolute atomic E-state index is 0.133. The van der Waals surface area contributed by atoms with Crippen molar-refractivity contribution < 1.29 is 9.53 Å². The largest absolute Gasteiger partial charge is 0.497 e. The fourth-order valence-electron chi connectivity index (χ4n) is 1.72. The number of nitrogens with one attached hydrogen (secondary N) is 1. The minimum atomic E-state index is 0.133. The van der Waals surface area contributed by atoms with Gasteiger partial charge in [-0.1, -0.05) is 22.0 Å². The highest BCUT2D eigenvalue weighted by Gasteiger charge is 2.11. The lowest BCUT2D eigenvalue weighted by molar-refractivity contribution is -0.128. The van der Waals surface area contributed by atoms with E-state index in [1.807, 2.05) is 18.2 Å². The third-order valence-electron chi connectivity index (χ3n) is 2.96. The second-order valence-corrected chi connectivity index (χ2v) is 5.46. The molecule has 0 fully saturated rings. The molecule has 0 heterocycles. The molecule has 5 heteroatoms. The second kappa shape index (κ2) is 7.50. The predicted octanol–water partition coefficient (Wildman–Crippen LogP) is 2.59. The summed E-state index contributed by atoms with van der Waals surface area (Å²) < 4.78 is 6.17. The molecular weight excluding hydrogens is 308 g/mol. The zero-order valence-electron chi connectivity index (χ0n) is 11.9. The van der Waals surface area contributed by atoms with Crippen molar-refractivity contribution in [3.05, 3.63) is 28.2 Å². The molecule has 1 aromatic carbocycles. The van der Waals surface area contributed by atoms with Crippen LogP contribution in [0.2, 0.25) is 0 Å². The van der Waals surface area contributed by atoms with Crippen LogP contribution >= 0.6 is 15.9 Å². The Kier molecular flexibility index (Phi) is 6.31. The quantitative estimate of drug-likeness (QED) is 0.872. The van der Waals surface area contributed by atoms with Gasteiger partial charge in [0, 0.05) is 37.6 Å². The zero-order valence-corrected chi connectivity index (χ0v) is 13.5. The number of amides is 1. The van der Waals surface area contributed by atoms with E-state index in [1.165, 1.54) is 0 Å². The number of hydrogen-bond donors (Lipinski definition) is 1. The average Bonchev–Trinajstić information content (AvgIpc) is 2.37. The zero-order chi connectivity index (χ0) is 14.4. The minimum Gasteiger partial charge on any atom is -0.497 e. The van der Waals surface area contributed by atoms with Crippen LogP contribution in [0.1, 0.15) is 24.9 Å². The van der Waals surface area contributed by atoms with Gasteiger partial charge < -0.3 is 15.0 Å². The summed E-state index contributed by atoms with van der Waals surface area (Å²) in [6, 6.07) is 6.08. The maximum absolute atomic E-state index is 11.5. The molecule has 0 aliphatic carbocycles. The van der Waals surface area contributed by atoms with Crippen LogP contribution in [0.5, 0.6) is 5.75 Å². The lowest BCUT2D eigenvalue weighted by Gasteiger charge is -2.17. The van der Waals surface area contributed by atoms with Crippen molar-refractivity contribution in [1.82, 2.24) is 10.2 Å². The number of methoxy groups -OCH3 is 1. The number of hydrogen-bond acceptors (Lipinski definition) is 3. The fourth-order valence-corrected chi connectivity index (χ4v) is 2.42. The summed E-state index contributed by atoms with van der Waals surface area (Å²) in [6.45, 7) is 2.74. The monoisotopic (exact) mass is 328 g/mol. The van der Waals surface area contributed by atoms with Crippen molar-refractivity contribution in [2.75, 3.05) is 27.7 Å². The van der Waals surface area contributed by atoms with Crippen molar-refractivity contribution in [2.45, 2.75) is 19.4 Å². The van der Waals surface area contributed by atoms with Crippen molar-refractivity contribution in [1.29, 1.82) is 0 Å². The summed E-state index contributed by atoms with van der Waals surface area (Å²) in [6.07, 6.45) is 0.505. The van der Waals surface area contributed by atoms with Gasteiger partial charge in [-0.2, -0.15) is 0 Å². The highest BCUT2D eigenvalue weighted by Crippen LogP contribution is 2.27. The van der Waals surface area contributed by atoms with Gasteiger partial charge in [-0.25, -0.2) is 0 Å². The molecule has 0 radical (unpaired) electrons. The van der Waals surface area contributed by atoms with Crippen LogP contribution in [-0.4, -0.2) is 38.6 Å². The van der Waals surface area contributed by atoms with E-state index in [4.69, 9.17) is 4.74 Å². The van der Waals surface area contributed by atoms with Crippen molar-refractivity contribution >= 4 is 21.8 Å². The first-order chi connectivity index (χ1) is 8.95. The van der Waals surface area contributed by atoms with Gasteiger partial charge in [0.1, 0.15) is 5.75 Å². The number of rotatable bonds is 6. The van der Waals surface area contributed by atoms with Crippen LogP contribution in [-0.2, 0) is 4.79 Å². The Labute approximate surface area is 123 Å². The molecule has 0 spiro atoms. The summed E-state index contributed by atoms with van der Waals surface area (Å²) >= 11 is 3.54. The summed E-state index contributed by atoms with van der Waals surface area (Å²) in [5.74, 6) is 0.958. The van der Waals surface area contributed by atoms with Crippen molar-refractivity contribution in [3.63, 3.8) is 0 Å². The van der Waals surface area contributed by atoms with E-state index in [1.54, 1.807) is 26.1 Å². The smallest absolute Gasteiger partial charge is 0.223 e. The fraction of sp³-hybridized carbons (Fsp3) is 0.500. The van der Waals surface area contributed by atoms with Gasteiger partial charge >= 0.3 is 0 Å². The Balaban J connectivity index is 2.54. The van der Waals surface area contributed by atoms with Gasteiger partial charge in [0.05, 0.1) is 7.11 Å². The highest BCUT2D eigenvalue weighted by molar-refractivity contribution is 9.10. The lowest BCUT2D eigenvalue weighted by atomic mass is 10.1. The van der Waals surface area contributed by atoms with Gasteiger partial charge in [0.2, 0.25) is 5.91 Å². The molecule has 0 aliphatic heterocycles. The first-order valence-corrected chi connectivity index (χ1v) is 7.02. The van der Waals surface area contributed by atoms with Crippen LogP contribution in [0.4, 0.5) is 0 Å². The van der Waals surface area contributed by atoms with E-state index in [0.717, 1.165) is 15.8 Å². The summed E-state index contributed by atoms with van der Waals surface area (Å²) in [5, 5.41) is 3.34. The normalized spacial score (nSPS) is 12.1. The molecule has 0 saturated heterocycles. The number of halogens is 1. The van der Waals surface area contributed by atoms with Crippen LogP contribution in [0, 0.1) is 0 Å². The molecule has 1 aromatic rings. The van der Waals surface area contributed by atoms with Crippen LogP contribution < -0.4 is 10.1 Å². The van der Waals surface area contributed by atoms with Crippen LogP contribution in [0.15, 0.2) is 22.7 Å². The highest BCUT2D eigenvalue weighted by atomic mass is 79.9. The topological polar surface area (TPSA) is 41.6 Å². The molecule has 106 valence electrons. The molecule has 0 aromatic heterocycles. The maximum atomic E-state index is 11.5. The van der Waals surface area contributed by atoms with Crippen molar-refractivity contribution in [2.24, 2.45) is 0 Å². The Morgan fingerprint density at radius 2 is 2.16 bits per heavy atom. The molecule has 19 heavy (non-hydrogen) atoms. The van der Waals surface area contributed by atoms with Gasteiger partial charge in [0.25, 0.3) is 0 Å². The molecule has 0 unspecified atom stereocenters. The molecule has 1 rings (SSSR count). The van der Waals surface area contributed by atoms with E-state index in [9.17, 15) is 4.79 Å². The van der Waals surface area contributed by atoms with Crippen LogP contribution in [0.3, 0.4) is 0 Å². The molecule has 0 bridgehead atoms. The van der Waals surface area contributed by atoms with Gasteiger partial charge in [0.15, 0.2) is 0 Å². The summed E-state index contributed by atoms with van der Waals surface area (Å²) in [4.78, 5) is 13.1. The number of carbonyl (C=O) groups is 1. The average molecular weight is 329 g/mol. The predicted molar refractivity (Wildman–Crippen MR) is 80.4 cm³/mol. The van der Waals surface area contributed by atoms with Gasteiger partial charge in [-0.3, -0.25) is 4.79 Å². The molecule has 1 atom stereocenters. The first kappa shape index (κ1) is 16.0. The Bertz CT molecular complexity index is 435. The Morgan fingerprint density at radius 3 is 2.68 bits per heavy atom. The van der Waals surface area contributed by atoms with E-state index in [2.05, 4.69) is 28.2 Å². The standard InChI is InChI=1S/C14H21BrN2O2/c1-10(16-8-7-14(18)17(2)3)12-6-5-11(19-4)9-13(12)15/h5-6,9-10,16H,7-8H2,1-4H3/t10-/m1/s1. The SMILES string of the molecule is COc1ccc([C@@H](C)NCCC(=O)N(C)C)c(Br)c1. The number of carbonyl (C=O) groups excluding carboxylic acids is 1. The van der Waals surface area contributed by atoms with Gasteiger partial charge in [-0.15, -0.1) is 0 Å². The Morgan fingerprint density at radius 1 is 1.47 bits per heavy atom. The third kappa shape index (κ3) is 4.84. The molecule has 0 saturated carbocycles. The first-order valence-electron chi connectivity index (χ1n) is 6.22. The molecule has 1 N–H and O–H groups in total. The molecular formula is C14H21BrN2O2. The Hall–Kier alpha value is -1.07. The summed E-state index contributed by atoms with van der Waals surface area (Å²) in [5.41, 5.74) is 1.15. The number of benzene rings is 1. The van der Waals surface area contributed by atoms with Gasteiger partial charge in [-0.05, 0) is 24.6 Å². The molecule has 0 aliphatic rings. The van der Waals surface area contributed by atoms with Crippen molar-refractivity contribution in [3.8, 4) is 5.75 Å². The van der Waals surface area contributed by atoms with E-state index >= 15 is 0 Å². The van der Waals surface area contributed by atoms with Crippen LogP contribution in [0.25, 0.3) is 0 Å². The number of nitrogens with zero attached hydrogens (tertiary/aromatic N) is 1. The summed E-state index contributed by atoms with van der Waals surface area (Å²) in [7, 11) is 5.19. The second-order valence-electron chi connectivity index (χ2n) is 4.60. The molecule has 1 amide bonds.